The number of methoxy groups -OCH3 is 1. The summed E-state index contributed by atoms with van der Waals surface area (Å²) in [6.45, 7) is 3.13. The molecule has 1 aliphatic heterocycles. The molecule has 1 heterocycles. The van der Waals surface area contributed by atoms with Gasteiger partial charge in [0.25, 0.3) is 5.69 Å². The van der Waals surface area contributed by atoms with Gasteiger partial charge in [0.15, 0.2) is 0 Å². The van der Waals surface area contributed by atoms with Crippen molar-refractivity contribution in [3.05, 3.63) is 28.3 Å². The number of hydrogen-bond donors (Lipinski definition) is 1. The molecule has 0 saturated carbocycles. The van der Waals surface area contributed by atoms with E-state index in [0.29, 0.717) is 19.6 Å². The maximum absolute atomic E-state index is 12.6. The fourth-order valence-corrected chi connectivity index (χ4v) is 4.10. The molecule has 1 aliphatic rings. The third-order valence-electron chi connectivity index (χ3n) is 4.10. The monoisotopic (exact) mass is 357 g/mol. The van der Waals surface area contributed by atoms with Crippen molar-refractivity contribution in [3.63, 3.8) is 0 Å². The van der Waals surface area contributed by atoms with Crippen molar-refractivity contribution in [3.8, 4) is 0 Å². The third-order valence-corrected chi connectivity index (χ3v) is 6.00. The maximum Gasteiger partial charge on any atom is 0.293 e. The van der Waals surface area contributed by atoms with Gasteiger partial charge in [-0.25, -0.2) is 8.42 Å². The fourth-order valence-electron chi connectivity index (χ4n) is 2.56. The molecule has 1 saturated heterocycles. The summed E-state index contributed by atoms with van der Waals surface area (Å²) in [5.41, 5.74) is 0.0258. The Labute approximate surface area is 142 Å². The van der Waals surface area contributed by atoms with E-state index in [0.717, 1.165) is 25.3 Å². The van der Waals surface area contributed by atoms with Crippen LogP contribution in [0.4, 0.5) is 11.4 Å². The summed E-state index contributed by atoms with van der Waals surface area (Å²) in [6, 6.07) is 3.98. The minimum absolute atomic E-state index is 0.0403. The molecule has 0 amide bonds. The molecule has 0 aliphatic carbocycles. The predicted molar refractivity (Wildman–Crippen MR) is 90.7 cm³/mol. The number of rotatable bonds is 7. The average Bonchev–Trinajstić information content (AvgIpc) is 2.60. The van der Waals surface area contributed by atoms with E-state index in [1.807, 2.05) is 6.92 Å². The second-order valence-electron chi connectivity index (χ2n) is 5.83. The van der Waals surface area contributed by atoms with Crippen LogP contribution in [0.5, 0.6) is 0 Å². The Hall–Kier alpha value is -1.71. The first-order valence-corrected chi connectivity index (χ1v) is 9.35. The van der Waals surface area contributed by atoms with Gasteiger partial charge in [0.1, 0.15) is 5.69 Å². The second-order valence-corrected chi connectivity index (χ2v) is 7.77. The van der Waals surface area contributed by atoms with E-state index in [1.165, 1.54) is 16.4 Å². The van der Waals surface area contributed by atoms with E-state index >= 15 is 0 Å². The van der Waals surface area contributed by atoms with Gasteiger partial charge in [-0.2, -0.15) is 4.31 Å². The van der Waals surface area contributed by atoms with Crippen LogP contribution >= 0.6 is 0 Å². The van der Waals surface area contributed by atoms with Crippen molar-refractivity contribution in [2.24, 2.45) is 0 Å². The van der Waals surface area contributed by atoms with Gasteiger partial charge in [-0.3, -0.25) is 10.1 Å². The maximum atomic E-state index is 12.6. The predicted octanol–water partition coefficient (Wildman–Crippen LogP) is 2.22. The van der Waals surface area contributed by atoms with Crippen LogP contribution in [0.15, 0.2) is 23.1 Å². The van der Waals surface area contributed by atoms with E-state index in [4.69, 9.17) is 4.74 Å². The van der Waals surface area contributed by atoms with Gasteiger partial charge in [-0.15, -0.1) is 0 Å². The summed E-state index contributed by atoms with van der Waals surface area (Å²) in [5.74, 6) is 0. The Morgan fingerprint density at radius 1 is 1.33 bits per heavy atom. The number of sulfonamides is 1. The highest BCUT2D eigenvalue weighted by Crippen LogP contribution is 2.30. The molecule has 134 valence electrons. The Kier molecular flexibility index (Phi) is 6.14. The van der Waals surface area contributed by atoms with Gasteiger partial charge in [-0.1, -0.05) is 6.42 Å². The highest BCUT2D eigenvalue weighted by atomic mass is 32.2. The quantitative estimate of drug-likeness (QED) is 0.593. The summed E-state index contributed by atoms with van der Waals surface area (Å²) in [5, 5.41) is 14.2. The Balaban J connectivity index is 2.29. The highest BCUT2D eigenvalue weighted by molar-refractivity contribution is 7.89. The Morgan fingerprint density at radius 2 is 2.00 bits per heavy atom. The van der Waals surface area contributed by atoms with Crippen LogP contribution < -0.4 is 5.32 Å². The van der Waals surface area contributed by atoms with Crippen molar-refractivity contribution in [1.29, 1.82) is 0 Å². The normalized spacial score (nSPS) is 17.4. The lowest BCUT2D eigenvalue weighted by Crippen LogP contribution is -2.35. The number of nitrogens with zero attached hydrogens (tertiary/aromatic N) is 2. The lowest BCUT2D eigenvalue weighted by Gasteiger charge is -2.25. The van der Waals surface area contributed by atoms with Gasteiger partial charge in [0, 0.05) is 32.8 Å². The zero-order valence-electron chi connectivity index (χ0n) is 13.9. The molecule has 8 nitrogen and oxygen atoms in total. The fraction of sp³-hybridized carbons (Fsp3) is 0.600. The molecular weight excluding hydrogens is 334 g/mol. The molecule has 1 unspecified atom stereocenters. The van der Waals surface area contributed by atoms with Crippen molar-refractivity contribution >= 4 is 21.4 Å². The van der Waals surface area contributed by atoms with Gasteiger partial charge in [-0.05, 0) is 31.9 Å². The van der Waals surface area contributed by atoms with Gasteiger partial charge in [0.05, 0.1) is 15.9 Å². The van der Waals surface area contributed by atoms with E-state index in [-0.39, 0.29) is 22.4 Å². The van der Waals surface area contributed by atoms with Crippen molar-refractivity contribution in [2.45, 2.75) is 37.2 Å². The number of nitrogens with one attached hydrogen (secondary N) is 1. The Bertz CT molecular complexity index is 686. The van der Waals surface area contributed by atoms with Gasteiger partial charge >= 0.3 is 0 Å². The van der Waals surface area contributed by atoms with Crippen LogP contribution in [0.2, 0.25) is 0 Å². The van der Waals surface area contributed by atoms with Crippen LogP contribution in [-0.4, -0.2) is 50.5 Å². The molecule has 2 rings (SSSR count). The first-order chi connectivity index (χ1) is 11.4. The van der Waals surface area contributed by atoms with Crippen molar-refractivity contribution in [2.75, 3.05) is 32.1 Å². The molecular formula is C15H23N3O5S. The minimum Gasteiger partial charge on any atom is -0.380 e. The molecule has 9 heteroatoms. The van der Waals surface area contributed by atoms with E-state index in [9.17, 15) is 18.5 Å². The highest BCUT2D eigenvalue weighted by Gasteiger charge is 2.28. The van der Waals surface area contributed by atoms with Crippen LogP contribution in [0.1, 0.15) is 26.2 Å². The average molecular weight is 357 g/mol. The summed E-state index contributed by atoms with van der Waals surface area (Å²) in [7, 11) is -2.14. The number of ether oxygens (including phenoxy) is 1. The lowest BCUT2D eigenvalue weighted by atomic mass is 10.2. The number of nitro groups is 1. The molecule has 1 aromatic carbocycles. The molecule has 0 bridgehead atoms. The molecule has 1 fully saturated rings. The zero-order valence-corrected chi connectivity index (χ0v) is 14.7. The summed E-state index contributed by atoms with van der Waals surface area (Å²) in [6.07, 6.45) is 2.51. The number of piperidine rings is 1. The summed E-state index contributed by atoms with van der Waals surface area (Å²) < 4.78 is 31.8. The van der Waals surface area contributed by atoms with Crippen molar-refractivity contribution in [1.82, 2.24) is 4.31 Å². The largest absolute Gasteiger partial charge is 0.380 e. The number of benzene rings is 1. The molecule has 0 aromatic heterocycles. The van der Waals surface area contributed by atoms with Gasteiger partial charge < -0.3 is 10.1 Å². The van der Waals surface area contributed by atoms with Gasteiger partial charge in [0.2, 0.25) is 10.0 Å². The topological polar surface area (TPSA) is 102 Å². The number of nitro benzene ring substituents is 1. The zero-order chi connectivity index (χ0) is 17.7. The molecule has 0 spiro atoms. The van der Waals surface area contributed by atoms with Crippen LogP contribution in [-0.2, 0) is 14.8 Å². The van der Waals surface area contributed by atoms with E-state index in [1.54, 1.807) is 7.11 Å². The molecule has 1 atom stereocenters. The smallest absolute Gasteiger partial charge is 0.293 e. The molecule has 24 heavy (non-hydrogen) atoms. The first-order valence-electron chi connectivity index (χ1n) is 7.91. The second kappa shape index (κ2) is 7.91. The number of hydrogen-bond acceptors (Lipinski definition) is 6. The SMILES string of the molecule is COC(C)CNc1ccc(S(=O)(=O)N2CCCCC2)cc1[N+](=O)[O-]. The Morgan fingerprint density at radius 3 is 2.58 bits per heavy atom. The molecule has 1 aromatic rings. The van der Waals surface area contributed by atoms with Crippen LogP contribution in [0.25, 0.3) is 0 Å². The minimum atomic E-state index is -3.69. The molecule has 0 radical (unpaired) electrons. The standard InChI is InChI=1S/C15H23N3O5S/c1-12(23-2)11-16-14-7-6-13(10-15(14)18(19)20)24(21,22)17-8-4-3-5-9-17/h6-7,10,12,16H,3-5,8-9,11H2,1-2H3. The van der Waals surface area contributed by atoms with Crippen molar-refractivity contribution < 1.29 is 18.1 Å². The summed E-state index contributed by atoms with van der Waals surface area (Å²) in [4.78, 5) is 10.7. The third kappa shape index (κ3) is 4.22. The van der Waals surface area contributed by atoms with Crippen LogP contribution in [0.3, 0.4) is 0 Å². The summed E-state index contributed by atoms with van der Waals surface area (Å²) >= 11 is 0. The van der Waals surface area contributed by atoms with Crippen LogP contribution in [0, 0.1) is 10.1 Å². The van der Waals surface area contributed by atoms with E-state index in [2.05, 4.69) is 5.32 Å². The first kappa shape index (κ1) is 18.6. The molecule has 1 N–H and O–H groups in total. The number of anilines is 1. The van der Waals surface area contributed by atoms with E-state index < -0.39 is 14.9 Å². The lowest BCUT2D eigenvalue weighted by molar-refractivity contribution is -0.384.